The van der Waals surface area contributed by atoms with Gasteiger partial charge in [-0.15, -0.1) is 0 Å². The van der Waals surface area contributed by atoms with Crippen molar-refractivity contribution in [3.05, 3.63) is 0 Å². The average molecular weight is 152 g/mol. The molecule has 6 heteroatoms. The first kappa shape index (κ1) is 26.4. The van der Waals surface area contributed by atoms with Gasteiger partial charge in [0, 0.05) is 0 Å². The van der Waals surface area contributed by atoms with Crippen LogP contribution in [0.4, 0.5) is 0 Å². The van der Waals surface area contributed by atoms with Gasteiger partial charge in [0.25, 0.3) is 0 Å². The van der Waals surface area contributed by atoms with Crippen LogP contribution in [-0.4, -0.2) is 11.0 Å². The molecule has 0 bridgehead atoms. The predicted octanol–water partition coefficient (Wildman–Crippen LogP) is -1.62. The summed E-state index contributed by atoms with van der Waals surface area (Å²) in [4.78, 5) is 0. The molecule has 4 N–H and O–H groups in total. The molecule has 0 aliphatic carbocycles. The number of rotatable bonds is 0. The first-order valence-electron chi connectivity index (χ1n) is 0.855. The van der Waals surface area contributed by atoms with Gasteiger partial charge in [0.15, 0.2) is 0 Å². The van der Waals surface area contributed by atoms with Crippen LogP contribution in [0, 0.1) is 21.3 Å². The maximum Gasteiger partial charge on any atom is -0.0797 e. The van der Waals surface area contributed by atoms with Crippen LogP contribution in [0.15, 0.2) is 0 Å². The van der Waals surface area contributed by atoms with Crippen molar-refractivity contribution in [1.82, 2.24) is 0 Å². The van der Waals surface area contributed by atoms with Crippen molar-refractivity contribution in [2.24, 2.45) is 0 Å². The van der Waals surface area contributed by atoms with Crippen LogP contribution in [-0.2, 0) is 25.3 Å². The highest BCUT2D eigenvalue weighted by molar-refractivity contribution is 7.64. The fraction of sp³-hybridized carbons (Fsp3) is 0. The molecule has 0 radical (unpaired) electrons. The lowest BCUT2D eigenvalue weighted by Gasteiger charge is -1.53. The van der Waals surface area contributed by atoms with Crippen molar-refractivity contribution < 1.29 is 11.0 Å². The van der Waals surface area contributed by atoms with Crippen molar-refractivity contribution in [1.29, 1.82) is 10.5 Å². The van der Waals surface area contributed by atoms with E-state index in [-0.39, 0.29) is 11.0 Å². The molecule has 0 saturated carbocycles. The van der Waals surface area contributed by atoms with Gasteiger partial charge < -0.3 is 36.2 Å². The second-order valence-corrected chi connectivity index (χ2v) is 0.548. The van der Waals surface area contributed by atoms with E-state index in [0.29, 0.717) is 0 Å². The van der Waals surface area contributed by atoms with Crippen LogP contribution in [0.3, 0.4) is 0 Å². The van der Waals surface area contributed by atoms with Gasteiger partial charge in [-0.25, -0.2) is 10.5 Å². The van der Waals surface area contributed by atoms with Crippen LogP contribution in [0.25, 0.3) is 0 Å². The quantitative estimate of drug-likeness (QED) is 0.306. The topological polar surface area (TPSA) is 111 Å². The first-order valence-corrected chi connectivity index (χ1v) is 1.67. The van der Waals surface area contributed by atoms with Gasteiger partial charge in [-0.3, -0.25) is 0 Å². The molecule has 4 nitrogen and oxygen atoms in total. The Morgan fingerprint density at radius 2 is 0.875 bits per heavy atom. The maximum atomic E-state index is 7.13. The summed E-state index contributed by atoms with van der Waals surface area (Å²) in [5, 5.41) is 16.9. The van der Waals surface area contributed by atoms with E-state index in [2.05, 4.69) is 25.3 Å². The summed E-state index contributed by atoms with van der Waals surface area (Å²) in [6.45, 7) is 0. The molecule has 0 aliphatic rings. The van der Waals surface area contributed by atoms with Gasteiger partial charge in [-0.05, 0) is 0 Å². The number of hydrogen-bond acceptors (Lipinski definition) is 4. The standard InChI is InChI=1S/2CHNS.2H2O/c2*2-1-3;;/h2*3H;2*1H2/p-2. The SMILES string of the molecule is N#C[S-].N#C[S-].O.O. The molecule has 8 heavy (non-hydrogen) atoms. The monoisotopic (exact) mass is 152 g/mol. The molecule has 0 aromatic rings. The Hall–Kier alpha value is -0.660. The number of hydrogen-bond donors (Lipinski definition) is 0. The summed E-state index contributed by atoms with van der Waals surface area (Å²) >= 11 is 7.40. The highest BCUT2D eigenvalue weighted by Crippen LogP contribution is 1.16. The van der Waals surface area contributed by atoms with E-state index >= 15 is 0 Å². The molecule has 0 saturated heterocycles. The number of thiocyanates is 2. The normalized spacial score (nSPS) is 1.75. The largest absolute Gasteiger partial charge is 0.696 e. The van der Waals surface area contributed by atoms with E-state index in [4.69, 9.17) is 10.5 Å². The highest BCUT2D eigenvalue weighted by Gasteiger charge is 0.869. The van der Waals surface area contributed by atoms with Gasteiger partial charge >= 0.3 is 0 Å². The highest BCUT2D eigenvalue weighted by atomic mass is 32.1. The minimum absolute atomic E-state index is 0. The molecular weight excluding hydrogens is 148 g/mol. The third-order valence-electron chi connectivity index (χ3n) is 0. The van der Waals surface area contributed by atoms with Crippen LogP contribution < -0.4 is 0 Å². The lowest BCUT2D eigenvalue weighted by molar-refractivity contribution is 0.823. The Bertz CT molecular complexity index is 71.0. The Morgan fingerprint density at radius 1 is 0.875 bits per heavy atom. The first-order chi connectivity index (χ1) is 2.83. The van der Waals surface area contributed by atoms with Gasteiger partial charge in [0.1, 0.15) is 0 Å². The van der Waals surface area contributed by atoms with Crippen LogP contribution in [0.5, 0.6) is 0 Å². The Morgan fingerprint density at radius 3 is 0.875 bits per heavy atom. The van der Waals surface area contributed by atoms with Gasteiger partial charge in [-0.1, -0.05) is 10.8 Å². The molecular formula is C2H4N2O2S2-2. The minimum atomic E-state index is 0. The third-order valence-corrected chi connectivity index (χ3v) is 0. The van der Waals surface area contributed by atoms with Crippen molar-refractivity contribution in [3.8, 4) is 10.8 Å². The van der Waals surface area contributed by atoms with E-state index in [0.717, 1.165) is 0 Å². The van der Waals surface area contributed by atoms with E-state index < -0.39 is 0 Å². The fourth-order valence-electron chi connectivity index (χ4n) is 0. The molecule has 0 amide bonds. The molecule has 0 fully saturated rings. The van der Waals surface area contributed by atoms with Crippen LogP contribution in [0.2, 0.25) is 0 Å². The summed E-state index contributed by atoms with van der Waals surface area (Å²) in [5.41, 5.74) is 0. The lowest BCUT2D eigenvalue weighted by Crippen LogP contribution is -1.15. The van der Waals surface area contributed by atoms with Crippen molar-refractivity contribution in [2.75, 3.05) is 0 Å². The summed E-state index contributed by atoms with van der Waals surface area (Å²) in [6, 6.07) is 0. The summed E-state index contributed by atoms with van der Waals surface area (Å²) in [7, 11) is 0. The molecule has 0 aromatic carbocycles. The molecule has 0 aromatic heterocycles. The van der Waals surface area contributed by atoms with Crippen molar-refractivity contribution in [2.45, 2.75) is 0 Å². The van der Waals surface area contributed by atoms with Crippen LogP contribution in [0.1, 0.15) is 0 Å². The van der Waals surface area contributed by atoms with E-state index in [1.165, 1.54) is 10.8 Å². The summed E-state index contributed by atoms with van der Waals surface area (Å²) < 4.78 is 0. The molecule has 0 spiro atoms. The molecule has 0 atom stereocenters. The van der Waals surface area contributed by atoms with Gasteiger partial charge in [0.05, 0.1) is 0 Å². The number of nitriles is 2. The molecule has 0 aliphatic heterocycles. The third kappa shape index (κ3) is 231. The molecule has 48 valence electrons. The smallest absolute Gasteiger partial charge is 0.0797 e. The van der Waals surface area contributed by atoms with Crippen molar-refractivity contribution in [3.63, 3.8) is 0 Å². The van der Waals surface area contributed by atoms with Crippen LogP contribution >= 0.6 is 0 Å². The molecule has 0 heterocycles. The Balaban J connectivity index is -0.0000000160. The van der Waals surface area contributed by atoms with E-state index in [1.54, 1.807) is 0 Å². The number of nitrogens with zero attached hydrogens (tertiary/aromatic N) is 2. The zero-order valence-electron chi connectivity index (χ0n) is 3.71. The zero-order chi connectivity index (χ0) is 5.41. The zero-order valence-corrected chi connectivity index (χ0v) is 5.34. The molecule has 0 rings (SSSR count). The van der Waals surface area contributed by atoms with Gasteiger partial charge in [-0.2, -0.15) is 0 Å². The van der Waals surface area contributed by atoms with Crippen molar-refractivity contribution >= 4 is 25.3 Å². The Kier molecular flexibility index (Phi) is 333. The van der Waals surface area contributed by atoms with E-state index in [9.17, 15) is 0 Å². The second-order valence-electron chi connectivity index (χ2n) is 0.183. The lowest BCUT2D eigenvalue weighted by atomic mass is 11.8. The average Bonchev–Trinajstić information content (AvgIpc) is 1.39. The maximum absolute atomic E-state index is 7.13. The Labute approximate surface area is 58.2 Å². The minimum Gasteiger partial charge on any atom is -0.696 e. The van der Waals surface area contributed by atoms with E-state index in [1.807, 2.05) is 0 Å². The van der Waals surface area contributed by atoms with Gasteiger partial charge in [0.2, 0.25) is 0 Å². The second kappa shape index (κ2) is 101. The summed E-state index contributed by atoms with van der Waals surface area (Å²) in [6.07, 6.45) is 0. The fourth-order valence-corrected chi connectivity index (χ4v) is 0. The molecule has 0 unspecified atom stereocenters. The summed E-state index contributed by atoms with van der Waals surface area (Å²) in [5.74, 6) is 0. The predicted molar refractivity (Wildman–Crippen MR) is 33.2 cm³/mol.